The van der Waals surface area contributed by atoms with Crippen molar-refractivity contribution in [1.29, 1.82) is 0 Å². The van der Waals surface area contributed by atoms with Crippen LogP contribution in [0.3, 0.4) is 0 Å². The zero-order chi connectivity index (χ0) is 13.3. The second-order valence-corrected chi connectivity index (χ2v) is 5.01. The van der Waals surface area contributed by atoms with Crippen LogP contribution in [0.4, 0.5) is 11.6 Å². The van der Waals surface area contributed by atoms with E-state index in [-0.39, 0.29) is 5.91 Å². The van der Waals surface area contributed by atoms with Gasteiger partial charge in [0.2, 0.25) is 5.91 Å². The number of hydrogen-bond acceptors (Lipinski definition) is 5. The van der Waals surface area contributed by atoms with Crippen molar-refractivity contribution in [3.8, 4) is 0 Å². The summed E-state index contributed by atoms with van der Waals surface area (Å²) in [6, 6.07) is 0. The Balaban J connectivity index is 2.30. The van der Waals surface area contributed by atoms with Crippen molar-refractivity contribution in [3.05, 3.63) is 11.9 Å². The van der Waals surface area contributed by atoms with Crippen molar-refractivity contribution < 1.29 is 4.79 Å². The average molecular weight is 249 g/mol. The largest absolute Gasteiger partial charge is 0.383 e. The summed E-state index contributed by atoms with van der Waals surface area (Å²) in [5.41, 5.74) is 11.8. The number of primary amides is 1. The minimum atomic E-state index is -0.481. The first-order chi connectivity index (χ1) is 8.48. The molecule has 0 bridgehead atoms. The van der Waals surface area contributed by atoms with Crippen molar-refractivity contribution in [1.82, 2.24) is 9.97 Å². The number of nitrogens with zero attached hydrogens (tertiary/aromatic N) is 3. The first kappa shape index (κ1) is 12.6. The highest BCUT2D eigenvalue weighted by atomic mass is 16.1. The number of carbonyl (C=O) groups is 1. The number of nitrogens with two attached hydrogens (primary N) is 2. The summed E-state index contributed by atoms with van der Waals surface area (Å²) in [6.07, 6.45) is 2.98. The maximum Gasteiger partial charge on any atom is 0.225 e. The summed E-state index contributed by atoms with van der Waals surface area (Å²) < 4.78 is 0. The van der Waals surface area contributed by atoms with E-state index in [2.05, 4.69) is 14.9 Å². The first-order valence-corrected chi connectivity index (χ1v) is 6.12. The van der Waals surface area contributed by atoms with E-state index in [0.717, 1.165) is 30.8 Å². The Morgan fingerprint density at radius 2 is 2.28 bits per heavy atom. The van der Waals surface area contributed by atoms with Crippen molar-refractivity contribution in [2.75, 3.05) is 23.7 Å². The van der Waals surface area contributed by atoms with Gasteiger partial charge in [-0.05, 0) is 19.8 Å². The minimum Gasteiger partial charge on any atom is -0.383 e. The lowest BCUT2D eigenvalue weighted by Crippen LogP contribution is -2.37. The summed E-state index contributed by atoms with van der Waals surface area (Å²) in [5, 5.41) is 0. The van der Waals surface area contributed by atoms with Crippen molar-refractivity contribution in [2.24, 2.45) is 11.1 Å². The summed E-state index contributed by atoms with van der Waals surface area (Å²) in [5.74, 6) is 1.08. The lowest BCUT2D eigenvalue weighted by molar-refractivity contribution is -0.125. The third-order valence-electron chi connectivity index (χ3n) is 3.68. The van der Waals surface area contributed by atoms with Crippen molar-refractivity contribution in [2.45, 2.75) is 26.7 Å². The van der Waals surface area contributed by atoms with Gasteiger partial charge in [0.1, 0.15) is 18.0 Å². The van der Waals surface area contributed by atoms with Gasteiger partial charge in [0, 0.05) is 18.7 Å². The van der Waals surface area contributed by atoms with E-state index < -0.39 is 5.41 Å². The molecule has 1 atom stereocenters. The van der Waals surface area contributed by atoms with Crippen LogP contribution in [0, 0.1) is 5.41 Å². The molecular formula is C12H19N5O. The fraction of sp³-hybridized carbons (Fsp3) is 0.583. The second-order valence-electron chi connectivity index (χ2n) is 5.01. The van der Waals surface area contributed by atoms with Gasteiger partial charge in [-0.1, -0.05) is 6.92 Å². The molecule has 18 heavy (non-hydrogen) atoms. The van der Waals surface area contributed by atoms with Crippen molar-refractivity contribution >= 4 is 17.5 Å². The van der Waals surface area contributed by atoms with Gasteiger partial charge in [0.05, 0.1) is 5.41 Å². The van der Waals surface area contributed by atoms with Crippen molar-refractivity contribution in [3.63, 3.8) is 0 Å². The molecule has 1 aromatic heterocycles. The monoisotopic (exact) mass is 249 g/mol. The summed E-state index contributed by atoms with van der Waals surface area (Å²) in [4.78, 5) is 21.8. The Kier molecular flexibility index (Phi) is 3.11. The van der Waals surface area contributed by atoms with E-state index >= 15 is 0 Å². The Labute approximate surface area is 106 Å². The topological polar surface area (TPSA) is 98.1 Å². The Morgan fingerprint density at radius 3 is 2.83 bits per heavy atom. The van der Waals surface area contributed by atoms with Crippen LogP contribution in [0.25, 0.3) is 0 Å². The highest BCUT2D eigenvalue weighted by molar-refractivity contribution is 5.82. The van der Waals surface area contributed by atoms with Crippen LogP contribution in [0.1, 0.15) is 25.8 Å². The van der Waals surface area contributed by atoms with E-state index in [1.165, 1.54) is 6.33 Å². The molecule has 6 nitrogen and oxygen atoms in total. The fourth-order valence-electron chi connectivity index (χ4n) is 2.37. The van der Waals surface area contributed by atoms with Crippen LogP contribution in [0.2, 0.25) is 0 Å². The number of aromatic nitrogens is 2. The first-order valence-electron chi connectivity index (χ1n) is 6.12. The molecule has 1 aromatic rings. The molecule has 1 unspecified atom stereocenters. The normalized spacial score (nSPS) is 23.3. The fourth-order valence-corrected chi connectivity index (χ4v) is 2.37. The molecule has 98 valence electrons. The number of anilines is 2. The van der Waals surface area contributed by atoms with E-state index in [1.54, 1.807) is 0 Å². The lowest BCUT2D eigenvalue weighted by atomic mass is 9.89. The van der Waals surface area contributed by atoms with Crippen LogP contribution in [-0.2, 0) is 11.2 Å². The van der Waals surface area contributed by atoms with Gasteiger partial charge in [-0.15, -0.1) is 0 Å². The van der Waals surface area contributed by atoms with Crippen LogP contribution >= 0.6 is 0 Å². The number of rotatable bonds is 3. The minimum absolute atomic E-state index is 0.259. The van der Waals surface area contributed by atoms with Gasteiger partial charge in [0.25, 0.3) is 0 Å². The molecular weight excluding hydrogens is 230 g/mol. The van der Waals surface area contributed by atoms with Gasteiger partial charge in [-0.2, -0.15) is 0 Å². The number of nitrogen functional groups attached to an aromatic ring is 1. The molecule has 0 radical (unpaired) electrons. The second kappa shape index (κ2) is 4.44. The molecule has 2 rings (SSSR count). The van der Waals surface area contributed by atoms with Gasteiger partial charge >= 0.3 is 0 Å². The number of amides is 1. The molecule has 6 heteroatoms. The van der Waals surface area contributed by atoms with E-state index in [1.807, 2.05) is 13.8 Å². The summed E-state index contributed by atoms with van der Waals surface area (Å²) in [6.45, 7) is 5.27. The standard InChI is InChI=1S/C12H19N5O/c1-3-8-9(13)15-7-16-10(8)17-5-4-12(2,6-17)11(14)18/h7H,3-6H2,1-2H3,(H2,14,18)(H2,13,15,16). The molecule has 0 aliphatic carbocycles. The van der Waals surface area contributed by atoms with Crippen LogP contribution in [0.5, 0.6) is 0 Å². The Hall–Kier alpha value is -1.85. The highest BCUT2D eigenvalue weighted by Crippen LogP contribution is 2.34. The maximum atomic E-state index is 11.5. The highest BCUT2D eigenvalue weighted by Gasteiger charge is 2.39. The predicted octanol–water partition coefficient (Wildman–Crippen LogP) is 0.323. The van der Waals surface area contributed by atoms with Gasteiger partial charge in [0.15, 0.2) is 0 Å². The molecule has 4 N–H and O–H groups in total. The van der Waals surface area contributed by atoms with Crippen LogP contribution < -0.4 is 16.4 Å². The van der Waals surface area contributed by atoms with E-state index in [0.29, 0.717) is 12.4 Å². The summed E-state index contributed by atoms with van der Waals surface area (Å²) in [7, 11) is 0. The zero-order valence-corrected chi connectivity index (χ0v) is 10.8. The molecule has 0 aromatic carbocycles. The summed E-state index contributed by atoms with van der Waals surface area (Å²) >= 11 is 0. The molecule has 1 fully saturated rings. The molecule has 1 amide bonds. The average Bonchev–Trinajstić information content (AvgIpc) is 2.73. The Morgan fingerprint density at radius 1 is 1.56 bits per heavy atom. The van der Waals surface area contributed by atoms with Gasteiger partial charge in [-0.25, -0.2) is 9.97 Å². The SMILES string of the molecule is CCc1c(N)ncnc1N1CCC(C)(C(N)=O)C1. The zero-order valence-electron chi connectivity index (χ0n) is 10.8. The smallest absolute Gasteiger partial charge is 0.225 e. The quantitative estimate of drug-likeness (QED) is 0.804. The van der Waals surface area contributed by atoms with Crippen LogP contribution in [0.15, 0.2) is 6.33 Å². The number of carbonyl (C=O) groups excluding carboxylic acids is 1. The number of hydrogen-bond donors (Lipinski definition) is 2. The van der Waals surface area contributed by atoms with Gasteiger partial charge in [-0.3, -0.25) is 4.79 Å². The molecule has 2 heterocycles. The van der Waals surface area contributed by atoms with E-state index in [9.17, 15) is 4.79 Å². The maximum absolute atomic E-state index is 11.5. The van der Waals surface area contributed by atoms with E-state index in [4.69, 9.17) is 11.5 Å². The molecule has 1 aliphatic heterocycles. The third kappa shape index (κ3) is 1.98. The molecule has 1 aliphatic rings. The molecule has 0 saturated carbocycles. The predicted molar refractivity (Wildman–Crippen MR) is 70.0 cm³/mol. The molecule has 0 spiro atoms. The Bertz CT molecular complexity index is 476. The third-order valence-corrected chi connectivity index (χ3v) is 3.68. The lowest BCUT2D eigenvalue weighted by Gasteiger charge is -2.23. The van der Waals surface area contributed by atoms with Crippen LogP contribution in [-0.4, -0.2) is 29.0 Å². The molecule has 1 saturated heterocycles. The van der Waals surface area contributed by atoms with Gasteiger partial charge < -0.3 is 16.4 Å².